The number of aromatic hydroxyl groups is 1. The van der Waals surface area contributed by atoms with Crippen LogP contribution in [0.4, 0.5) is 0 Å². The molecule has 1 aliphatic rings. The fourth-order valence-corrected chi connectivity index (χ4v) is 2.55. The Morgan fingerprint density at radius 1 is 1.38 bits per heavy atom. The fraction of sp³-hybridized carbons (Fsp3) is 0.375. The Balaban J connectivity index is 2.52. The summed E-state index contributed by atoms with van der Waals surface area (Å²) in [4.78, 5) is 23.1. The molecule has 10 heteroatoms. The van der Waals surface area contributed by atoms with Crippen molar-refractivity contribution in [2.45, 2.75) is 26.8 Å². The van der Waals surface area contributed by atoms with Gasteiger partial charge in [-0.05, 0) is 38.5 Å². The van der Waals surface area contributed by atoms with Gasteiger partial charge in [-0.3, -0.25) is 0 Å². The number of hydrogen-bond acceptors (Lipinski definition) is 6. The predicted octanol–water partition coefficient (Wildman–Crippen LogP) is 1.41. The van der Waals surface area contributed by atoms with Crippen molar-refractivity contribution in [3.05, 3.63) is 45.1 Å². The Morgan fingerprint density at radius 2 is 2.12 bits per heavy atom. The summed E-state index contributed by atoms with van der Waals surface area (Å²) in [6, 6.07) is 3.79. The van der Waals surface area contributed by atoms with Crippen molar-refractivity contribution in [2.24, 2.45) is 5.10 Å². The molecule has 3 N–H and O–H groups in total. The highest BCUT2D eigenvalue weighted by atomic mass is 16.7. The average molecular weight is 364 g/mol. The van der Waals surface area contributed by atoms with E-state index in [2.05, 4.69) is 15.7 Å². The van der Waals surface area contributed by atoms with Crippen molar-refractivity contribution in [2.75, 3.05) is 13.2 Å². The topological polar surface area (TPSA) is 135 Å². The van der Waals surface area contributed by atoms with E-state index in [-0.39, 0.29) is 29.6 Å². The Morgan fingerprint density at radius 3 is 2.73 bits per heavy atom. The highest BCUT2D eigenvalue weighted by Gasteiger charge is 2.33. The molecule has 0 spiro atoms. The molecule has 0 aromatic heterocycles. The quantitative estimate of drug-likeness (QED) is 0.392. The van der Waals surface area contributed by atoms with Crippen LogP contribution >= 0.6 is 0 Å². The van der Waals surface area contributed by atoms with Crippen molar-refractivity contribution >= 4 is 11.9 Å². The first kappa shape index (κ1) is 19.0. The van der Waals surface area contributed by atoms with Crippen molar-refractivity contribution in [1.29, 1.82) is 0 Å². The molecule has 1 aromatic carbocycles. The Hall–Kier alpha value is -3.30. The van der Waals surface area contributed by atoms with Gasteiger partial charge >= 0.3 is 5.97 Å². The number of carbonyl (C=O) groups is 1. The van der Waals surface area contributed by atoms with Crippen LogP contribution in [0.5, 0.6) is 11.5 Å². The summed E-state index contributed by atoms with van der Waals surface area (Å²) in [5.74, 6) is -0.501. The summed E-state index contributed by atoms with van der Waals surface area (Å²) in [7, 11) is 0. The molecule has 0 saturated heterocycles. The van der Waals surface area contributed by atoms with Crippen molar-refractivity contribution < 1.29 is 24.4 Å². The molecule has 140 valence electrons. The molecule has 0 aliphatic carbocycles. The first-order chi connectivity index (χ1) is 12.4. The maximum Gasteiger partial charge on any atom is 0.338 e. The molecule has 0 saturated carbocycles. The molecule has 2 rings (SSSR count). The Bertz CT molecular complexity index is 774. The molecular weight excluding hydrogens is 344 g/mol. The van der Waals surface area contributed by atoms with Gasteiger partial charge in [0, 0.05) is 5.70 Å². The van der Waals surface area contributed by atoms with Crippen molar-refractivity contribution in [3.63, 3.8) is 0 Å². The molecule has 1 aliphatic heterocycles. The Labute approximate surface area is 149 Å². The number of allylic oxidation sites excluding steroid dienone is 1. The second-order valence-corrected chi connectivity index (χ2v) is 5.31. The monoisotopic (exact) mass is 364 g/mol. The fourth-order valence-electron chi connectivity index (χ4n) is 2.55. The van der Waals surface area contributed by atoms with Crippen LogP contribution in [0.3, 0.4) is 0 Å². The number of nitrogens with one attached hydrogen (secondary N) is 2. The number of carbonyl (C=O) groups excluding carboxylic acids is 1. The summed E-state index contributed by atoms with van der Waals surface area (Å²) in [5.41, 5.74) is 1.17. The van der Waals surface area contributed by atoms with Gasteiger partial charge in [0.1, 0.15) is 5.10 Å². The van der Waals surface area contributed by atoms with Crippen LogP contribution in [-0.2, 0) is 9.53 Å². The van der Waals surface area contributed by atoms with Crippen LogP contribution < -0.4 is 15.4 Å². The third-order valence-electron chi connectivity index (χ3n) is 3.57. The molecule has 1 aromatic rings. The summed E-state index contributed by atoms with van der Waals surface area (Å²) >= 11 is 0. The number of guanidine groups is 1. The van der Waals surface area contributed by atoms with Gasteiger partial charge in [0.25, 0.3) is 5.96 Å². The maximum absolute atomic E-state index is 12.4. The number of phenols is 1. The molecule has 10 nitrogen and oxygen atoms in total. The largest absolute Gasteiger partial charge is 0.504 e. The smallest absolute Gasteiger partial charge is 0.338 e. The lowest BCUT2D eigenvalue weighted by atomic mass is 9.95. The number of rotatable bonds is 6. The first-order valence-corrected chi connectivity index (χ1v) is 7.97. The number of phenolic OH excluding ortho intramolecular Hbond substituents is 1. The predicted molar refractivity (Wildman–Crippen MR) is 92.1 cm³/mol. The first-order valence-electron chi connectivity index (χ1n) is 7.97. The Kier molecular flexibility index (Phi) is 5.99. The van der Waals surface area contributed by atoms with E-state index in [1.807, 2.05) is 0 Å². The van der Waals surface area contributed by atoms with Crippen molar-refractivity contribution in [3.8, 4) is 11.5 Å². The van der Waals surface area contributed by atoms with Gasteiger partial charge in [0.05, 0.1) is 24.8 Å². The minimum absolute atomic E-state index is 0.0536. The van der Waals surface area contributed by atoms with Gasteiger partial charge in [0.2, 0.25) is 0 Å². The summed E-state index contributed by atoms with van der Waals surface area (Å²) in [6.07, 6.45) is 0. The minimum atomic E-state index is -0.850. The van der Waals surface area contributed by atoms with E-state index in [1.165, 1.54) is 6.07 Å². The maximum atomic E-state index is 12.4. The van der Waals surface area contributed by atoms with Crippen LogP contribution in [0.25, 0.3) is 0 Å². The molecule has 26 heavy (non-hydrogen) atoms. The van der Waals surface area contributed by atoms with Crippen LogP contribution in [0.15, 0.2) is 34.6 Å². The van der Waals surface area contributed by atoms with Crippen LogP contribution in [0.2, 0.25) is 0 Å². The van der Waals surface area contributed by atoms with E-state index >= 15 is 0 Å². The average Bonchev–Trinajstić information content (AvgIpc) is 2.56. The SMILES string of the molecule is CCOC(=O)C1=C(C)N/C(=N/[N+](=O)[O-])N[C@H]1c1ccc(O)c(OCC)c1. The van der Waals surface area contributed by atoms with Gasteiger partial charge < -0.3 is 25.2 Å². The molecule has 0 fully saturated rings. The molecule has 0 unspecified atom stereocenters. The third-order valence-corrected chi connectivity index (χ3v) is 3.57. The highest BCUT2D eigenvalue weighted by Crippen LogP contribution is 2.34. The standard InChI is InChI=1S/C16H20N4O6/c1-4-25-12-8-10(6-7-11(12)21)14-13(15(22)26-5-2)9(3)17-16(18-14)19-20(23)24/h6-8,14,21H,4-5H2,1-3H3,(H2,17,18,19)/t14-/m0/s1. The van der Waals surface area contributed by atoms with Gasteiger partial charge in [0.15, 0.2) is 16.5 Å². The van der Waals surface area contributed by atoms with E-state index in [0.717, 1.165) is 0 Å². The van der Waals surface area contributed by atoms with Gasteiger partial charge in [-0.25, -0.2) is 14.9 Å². The normalized spacial score (nSPS) is 18.1. The zero-order chi connectivity index (χ0) is 19.3. The van der Waals surface area contributed by atoms with E-state index < -0.39 is 17.0 Å². The van der Waals surface area contributed by atoms with E-state index in [1.54, 1.807) is 32.9 Å². The third kappa shape index (κ3) is 4.21. The second kappa shape index (κ2) is 8.19. The molecule has 1 atom stereocenters. The van der Waals surface area contributed by atoms with E-state index in [9.17, 15) is 20.0 Å². The highest BCUT2D eigenvalue weighted by molar-refractivity contribution is 5.96. The van der Waals surface area contributed by atoms with Crippen LogP contribution in [0, 0.1) is 10.1 Å². The van der Waals surface area contributed by atoms with E-state index in [0.29, 0.717) is 17.9 Å². The minimum Gasteiger partial charge on any atom is -0.504 e. The molecule has 0 bridgehead atoms. The number of hydrogen-bond donors (Lipinski definition) is 3. The second-order valence-electron chi connectivity index (χ2n) is 5.31. The van der Waals surface area contributed by atoms with Crippen LogP contribution in [0.1, 0.15) is 32.4 Å². The van der Waals surface area contributed by atoms with Gasteiger partial charge in [-0.1, -0.05) is 6.07 Å². The van der Waals surface area contributed by atoms with E-state index in [4.69, 9.17) is 9.47 Å². The van der Waals surface area contributed by atoms with Crippen LogP contribution in [-0.4, -0.2) is 35.3 Å². The zero-order valence-electron chi connectivity index (χ0n) is 14.6. The number of hydrazone groups is 1. The molecule has 0 radical (unpaired) electrons. The lowest BCUT2D eigenvalue weighted by molar-refractivity contribution is -0.485. The van der Waals surface area contributed by atoms with Gasteiger partial charge in [-0.2, -0.15) is 0 Å². The zero-order valence-corrected chi connectivity index (χ0v) is 14.6. The number of nitro groups is 1. The lowest BCUT2D eigenvalue weighted by Crippen LogP contribution is -2.46. The number of ether oxygens (including phenoxy) is 2. The van der Waals surface area contributed by atoms with Gasteiger partial charge in [-0.15, -0.1) is 0 Å². The molecular formula is C16H20N4O6. The number of benzene rings is 1. The summed E-state index contributed by atoms with van der Waals surface area (Å²) < 4.78 is 10.5. The molecule has 0 amide bonds. The van der Waals surface area contributed by atoms with Crippen molar-refractivity contribution in [1.82, 2.24) is 10.6 Å². The summed E-state index contributed by atoms with van der Waals surface area (Å²) in [5, 5.41) is 28.4. The lowest BCUT2D eigenvalue weighted by Gasteiger charge is -2.29. The molecule has 1 heterocycles. The number of esters is 1. The summed E-state index contributed by atoms with van der Waals surface area (Å²) in [6.45, 7) is 5.56. The number of nitrogens with zero attached hydrogens (tertiary/aromatic N) is 2.